The number of carbonyl (C=O) groups excluding carboxylic acids is 1. The lowest BCUT2D eigenvalue weighted by Crippen LogP contribution is -2.13. The van der Waals surface area contributed by atoms with E-state index in [4.69, 9.17) is 4.74 Å². The summed E-state index contributed by atoms with van der Waals surface area (Å²) in [6.07, 6.45) is 10.1. The Hall–Kier alpha value is -2.09. The molecular weight excluding hydrogens is 332 g/mol. The highest BCUT2D eigenvalue weighted by atomic mass is 16.5. The molecule has 144 valence electrons. The molecule has 1 aliphatic rings. The van der Waals surface area contributed by atoms with Crippen molar-refractivity contribution < 1.29 is 9.53 Å². The van der Waals surface area contributed by atoms with Crippen molar-refractivity contribution in [3.05, 3.63) is 65.2 Å². The van der Waals surface area contributed by atoms with Gasteiger partial charge in [-0.2, -0.15) is 0 Å². The predicted molar refractivity (Wildman–Crippen MR) is 111 cm³/mol. The molecule has 0 heterocycles. The molecule has 0 saturated heterocycles. The quantitative estimate of drug-likeness (QED) is 0.393. The number of rotatable bonds is 7. The molecule has 1 fully saturated rings. The van der Waals surface area contributed by atoms with Crippen molar-refractivity contribution in [2.75, 3.05) is 0 Å². The highest BCUT2D eigenvalue weighted by Gasteiger charge is 2.22. The minimum atomic E-state index is -0.281. The molecule has 0 atom stereocenters. The molecule has 0 aromatic heterocycles. The van der Waals surface area contributed by atoms with Crippen LogP contribution in [0.1, 0.15) is 86.2 Å². The maximum atomic E-state index is 12.4. The van der Waals surface area contributed by atoms with Crippen LogP contribution in [0.15, 0.2) is 48.5 Å². The Morgan fingerprint density at radius 1 is 0.889 bits per heavy atom. The summed E-state index contributed by atoms with van der Waals surface area (Å²) in [4.78, 5) is 12.4. The Kier molecular flexibility index (Phi) is 7.09. The van der Waals surface area contributed by atoms with E-state index in [9.17, 15) is 4.79 Å². The number of hydrogen-bond acceptors (Lipinski definition) is 2. The molecule has 2 aromatic rings. The summed E-state index contributed by atoms with van der Waals surface area (Å²) in [5.41, 5.74) is 3.26. The van der Waals surface area contributed by atoms with Crippen LogP contribution in [0.25, 0.3) is 0 Å². The Bertz CT molecular complexity index is 707. The van der Waals surface area contributed by atoms with Crippen molar-refractivity contribution in [1.29, 1.82) is 0 Å². The first kappa shape index (κ1) is 19.7. The zero-order valence-corrected chi connectivity index (χ0v) is 16.7. The predicted octanol–water partition coefficient (Wildman–Crippen LogP) is 6.93. The van der Waals surface area contributed by atoms with E-state index < -0.39 is 0 Å². The number of aryl methyl sites for hydroxylation is 1. The van der Waals surface area contributed by atoms with Crippen LogP contribution >= 0.6 is 0 Å². The van der Waals surface area contributed by atoms with Crippen LogP contribution in [0.3, 0.4) is 0 Å². The van der Waals surface area contributed by atoms with Gasteiger partial charge < -0.3 is 4.74 Å². The van der Waals surface area contributed by atoms with Crippen LogP contribution in [0.2, 0.25) is 0 Å². The highest BCUT2D eigenvalue weighted by molar-refractivity contribution is 5.91. The van der Waals surface area contributed by atoms with Crippen LogP contribution < -0.4 is 4.74 Å². The summed E-state index contributed by atoms with van der Waals surface area (Å²) >= 11 is 0. The van der Waals surface area contributed by atoms with Gasteiger partial charge in [0.2, 0.25) is 0 Å². The van der Waals surface area contributed by atoms with Crippen LogP contribution in [0, 0.1) is 5.92 Å². The summed E-state index contributed by atoms with van der Waals surface area (Å²) in [6.45, 7) is 4.44. The highest BCUT2D eigenvalue weighted by Crippen LogP contribution is 2.37. The minimum Gasteiger partial charge on any atom is -0.423 e. The van der Waals surface area contributed by atoms with E-state index in [1.165, 1.54) is 49.7 Å². The minimum absolute atomic E-state index is 0.281. The smallest absolute Gasteiger partial charge is 0.343 e. The lowest BCUT2D eigenvalue weighted by Gasteiger charge is -2.28. The lowest BCUT2D eigenvalue weighted by molar-refractivity contribution is 0.0734. The van der Waals surface area contributed by atoms with Gasteiger partial charge in [0.15, 0.2) is 0 Å². The van der Waals surface area contributed by atoms with E-state index in [0.29, 0.717) is 17.2 Å². The molecule has 3 rings (SSSR count). The SMILES string of the molecule is CCCc1ccc(OC(=O)c2ccc(C3CCC(CCC)CC3)cc2)cc1. The number of ether oxygens (including phenoxy) is 1. The van der Waals surface area contributed by atoms with Crippen molar-refractivity contribution >= 4 is 5.97 Å². The molecule has 27 heavy (non-hydrogen) atoms. The zero-order valence-electron chi connectivity index (χ0n) is 16.7. The normalized spacial score (nSPS) is 19.6. The third-order valence-corrected chi connectivity index (χ3v) is 5.83. The lowest BCUT2D eigenvalue weighted by atomic mass is 9.77. The van der Waals surface area contributed by atoms with Crippen molar-refractivity contribution in [1.82, 2.24) is 0 Å². The van der Waals surface area contributed by atoms with E-state index in [-0.39, 0.29) is 5.97 Å². The van der Waals surface area contributed by atoms with Gasteiger partial charge in [-0.15, -0.1) is 0 Å². The van der Waals surface area contributed by atoms with Crippen molar-refractivity contribution in [2.45, 2.75) is 71.1 Å². The van der Waals surface area contributed by atoms with E-state index in [1.807, 2.05) is 36.4 Å². The van der Waals surface area contributed by atoms with Gasteiger partial charge in [0.25, 0.3) is 0 Å². The number of esters is 1. The third-order valence-electron chi connectivity index (χ3n) is 5.83. The molecule has 0 spiro atoms. The van der Waals surface area contributed by atoms with Gasteiger partial charge >= 0.3 is 5.97 Å². The summed E-state index contributed by atoms with van der Waals surface area (Å²) in [5.74, 6) is 1.90. The summed E-state index contributed by atoms with van der Waals surface area (Å²) in [6, 6.07) is 15.9. The monoisotopic (exact) mass is 364 g/mol. The second kappa shape index (κ2) is 9.73. The fourth-order valence-electron chi connectivity index (χ4n) is 4.26. The molecule has 1 saturated carbocycles. The Morgan fingerprint density at radius 2 is 1.56 bits per heavy atom. The Morgan fingerprint density at radius 3 is 2.15 bits per heavy atom. The van der Waals surface area contributed by atoms with Gasteiger partial charge in [-0.25, -0.2) is 4.79 Å². The molecule has 0 radical (unpaired) electrons. The second-order valence-electron chi connectivity index (χ2n) is 7.91. The average molecular weight is 365 g/mol. The molecule has 2 heteroatoms. The molecule has 0 amide bonds. The molecule has 0 N–H and O–H groups in total. The maximum absolute atomic E-state index is 12.4. The van der Waals surface area contributed by atoms with Gasteiger partial charge in [0, 0.05) is 0 Å². The zero-order chi connectivity index (χ0) is 19.1. The number of benzene rings is 2. The van der Waals surface area contributed by atoms with Gasteiger partial charge in [-0.1, -0.05) is 57.4 Å². The van der Waals surface area contributed by atoms with Gasteiger partial charge in [0.05, 0.1) is 5.56 Å². The van der Waals surface area contributed by atoms with Gasteiger partial charge in [-0.05, 0) is 79.3 Å². The first-order chi connectivity index (χ1) is 13.2. The molecular formula is C25H32O2. The average Bonchev–Trinajstić information content (AvgIpc) is 2.71. The Labute approximate surface area is 164 Å². The number of hydrogen-bond donors (Lipinski definition) is 0. The van der Waals surface area contributed by atoms with Crippen molar-refractivity contribution in [3.63, 3.8) is 0 Å². The van der Waals surface area contributed by atoms with E-state index in [0.717, 1.165) is 18.8 Å². The third kappa shape index (κ3) is 5.45. The summed E-state index contributed by atoms with van der Waals surface area (Å²) in [7, 11) is 0. The van der Waals surface area contributed by atoms with Gasteiger partial charge in [0.1, 0.15) is 5.75 Å². The molecule has 2 nitrogen and oxygen atoms in total. The topological polar surface area (TPSA) is 26.3 Å². The fraction of sp³-hybridized carbons (Fsp3) is 0.480. The standard InChI is InChI=1S/C25H32O2/c1-3-5-19-7-11-21(12-8-19)22-13-15-23(16-14-22)25(26)27-24-17-9-20(6-4-2)10-18-24/h9-10,13-19,21H,3-8,11-12H2,1-2H3. The van der Waals surface area contributed by atoms with E-state index >= 15 is 0 Å². The van der Waals surface area contributed by atoms with E-state index in [1.54, 1.807) is 0 Å². The fourth-order valence-corrected chi connectivity index (χ4v) is 4.26. The van der Waals surface area contributed by atoms with Crippen LogP contribution in [0.5, 0.6) is 5.75 Å². The molecule has 0 aliphatic heterocycles. The Balaban J connectivity index is 1.56. The largest absolute Gasteiger partial charge is 0.423 e. The van der Waals surface area contributed by atoms with Crippen LogP contribution in [0.4, 0.5) is 0 Å². The first-order valence-electron chi connectivity index (χ1n) is 10.6. The first-order valence-corrected chi connectivity index (χ1v) is 10.6. The van der Waals surface area contributed by atoms with Crippen LogP contribution in [-0.4, -0.2) is 5.97 Å². The molecule has 2 aromatic carbocycles. The second-order valence-corrected chi connectivity index (χ2v) is 7.91. The van der Waals surface area contributed by atoms with Crippen LogP contribution in [-0.2, 0) is 6.42 Å². The molecule has 0 bridgehead atoms. The summed E-state index contributed by atoms with van der Waals surface area (Å²) < 4.78 is 5.52. The maximum Gasteiger partial charge on any atom is 0.343 e. The molecule has 1 aliphatic carbocycles. The van der Waals surface area contributed by atoms with Crippen molar-refractivity contribution in [2.24, 2.45) is 5.92 Å². The number of carbonyl (C=O) groups is 1. The summed E-state index contributed by atoms with van der Waals surface area (Å²) in [5, 5.41) is 0. The van der Waals surface area contributed by atoms with Gasteiger partial charge in [-0.3, -0.25) is 0 Å². The van der Waals surface area contributed by atoms with E-state index in [2.05, 4.69) is 26.0 Å². The molecule has 0 unspecified atom stereocenters. The van der Waals surface area contributed by atoms with Crippen molar-refractivity contribution in [3.8, 4) is 5.75 Å².